The summed E-state index contributed by atoms with van der Waals surface area (Å²) in [6, 6.07) is 17.5. The molecule has 0 radical (unpaired) electrons. The molecule has 8 aromatic rings. The second-order valence-corrected chi connectivity index (χ2v) is 18.4. The van der Waals surface area contributed by atoms with Gasteiger partial charge in [0.1, 0.15) is 11.6 Å². The van der Waals surface area contributed by atoms with Crippen LogP contribution in [0.5, 0.6) is 0 Å². The maximum atomic E-state index is 13.3. The smallest absolute Gasteiger partial charge is 0.338 e. The van der Waals surface area contributed by atoms with E-state index in [-0.39, 0.29) is 51.6 Å². The van der Waals surface area contributed by atoms with Crippen LogP contribution in [0, 0.1) is 11.6 Å². The lowest BCUT2D eigenvalue weighted by Gasteiger charge is -2.18. The highest BCUT2D eigenvalue weighted by Crippen LogP contribution is 2.25. The molecule has 2 aromatic carbocycles. The van der Waals surface area contributed by atoms with Crippen LogP contribution < -0.4 is 11.1 Å². The van der Waals surface area contributed by atoms with Gasteiger partial charge in [-0.25, -0.2) is 49.7 Å². The molecule has 0 bridgehead atoms. The highest BCUT2D eigenvalue weighted by molar-refractivity contribution is 7.90. The van der Waals surface area contributed by atoms with Crippen LogP contribution in [0.1, 0.15) is 72.0 Å². The van der Waals surface area contributed by atoms with Crippen LogP contribution >= 0.6 is 12.4 Å². The number of amides is 1. The lowest BCUT2D eigenvalue weighted by molar-refractivity contribution is 0.0698. The van der Waals surface area contributed by atoms with E-state index in [1.807, 2.05) is 13.8 Å². The monoisotopic (exact) mass is 995 g/mol. The van der Waals surface area contributed by atoms with Crippen LogP contribution in [0.2, 0.25) is 0 Å². The van der Waals surface area contributed by atoms with E-state index < -0.39 is 38.8 Å². The first-order valence-corrected chi connectivity index (χ1v) is 23.7. The number of halogens is 4. The molecule has 8 rings (SSSR count). The van der Waals surface area contributed by atoms with Crippen LogP contribution in [-0.4, -0.2) is 93.0 Å². The molecule has 6 heterocycles. The average Bonchev–Trinajstić information content (AvgIpc) is 3.96. The molecule has 0 aliphatic rings. The van der Waals surface area contributed by atoms with Gasteiger partial charge in [-0.15, -0.1) is 12.4 Å². The van der Waals surface area contributed by atoms with Crippen molar-refractivity contribution in [3.63, 3.8) is 0 Å². The van der Waals surface area contributed by atoms with E-state index in [2.05, 4.69) is 35.5 Å². The Kier molecular flexibility index (Phi) is 17.9. The van der Waals surface area contributed by atoms with Crippen molar-refractivity contribution >= 4 is 65.8 Å². The van der Waals surface area contributed by atoms with E-state index >= 15 is 0 Å². The lowest BCUT2D eigenvalue weighted by Crippen LogP contribution is -2.28. The van der Waals surface area contributed by atoms with Crippen molar-refractivity contribution in [1.29, 1.82) is 0 Å². The van der Waals surface area contributed by atoms with Crippen LogP contribution in [0.3, 0.4) is 0 Å². The number of pyridine rings is 4. The molecule has 1 amide bonds. The van der Waals surface area contributed by atoms with Gasteiger partial charge in [-0.3, -0.25) is 19.2 Å². The normalized spacial score (nSPS) is 12.1. The van der Waals surface area contributed by atoms with Gasteiger partial charge in [0, 0.05) is 54.1 Å². The number of carbonyl (C=O) groups is 2. The van der Waals surface area contributed by atoms with E-state index in [1.165, 1.54) is 78.3 Å². The standard InChI is InChI=1S/C22H20FN5O3S.C13H8FN3O2.C9H14N2O2S.CH3F.ClH/c1-3-19(14-8-9-25-21(10-14)32(2,30)31)27-22(29)18-11-24-13-20-17(18)12-26-28(20)16-6-4-15(23)5-7-16;14-8-1-3-9(4-2-8)17-12-7-15-5-11(13(18)19)10(12)6-16-17;1-3-8(10)7-4-5-11-9(6-7)14(2,12)13;1-2;/h4-13,19H,3H2,1-2H3,(H,27,29);1-7H,(H,18,19);4-6,8H,3,10H2,1-2H3;1H3;1H/t19-;;8-;;/m0.0../s1/i;;;1D;. The number of nitrogens with zero attached hydrogens (tertiary/aromatic N) is 8. The number of nitrogens with two attached hydrogens (primary N) is 1. The second kappa shape index (κ2) is 23.5. The lowest BCUT2D eigenvalue weighted by atomic mass is 10.1. The zero-order chi connectivity index (χ0) is 49.8. The van der Waals surface area contributed by atoms with Gasteiger partial charge >= 0.3 is 5.97 Å². The Labute approximate surface area is 397 Å². The second-order valence-electron chi connectivity index (χ2n) is 14.5. The minimum Gasteiger partial charge on any atom is -0.478 e. The summed E-state index contributed by atoms with van der Waals surface area (Å²) >= 11 is 0. The maximum Gasteiger partial charge on any atom is 0.338 e. The Hall–Kier alpha value is -7.14. The van der Waals surface area contributed by atoms with Gasteiger partial charge in [0.2, 0.25) is 0 Å². The SMILES string of the molecule is CC[C@H](N)c1ccnc(S(C)(=O)=O)c1.CC[C@H](NC(=O)c1cncc2c1cnn2-c1ccc(F)cc1)c1ccnc(S(C)(=O)=O)c1.Cl.O=C(O)c1cncc2c1cnn2-c1ccc(F)cc1.[2H]CF. The van der Waals surface area contributed by atoms with E-state index in [0.29, 0.717) is 50.7 Å². The topological polar surface area (TPSA) is 248 Å². The molecule has 23 heteroatoms. The van der Waals surface area contributed by atoms with E-state index in [1.54, 1.807) is 53.5 Å². The molecule has 0 aliphatic heterocycles. The zero-order valence-electron chi connectivity index (χ0n) is 37.7. The van der Waals surface area contributed by atoms with Gasteiger partial charge in [-0.1, -0.05) is 13.8 Å². The fourth-order valence-corrected chi connectivity index (χ4v) is 7.61. The Bertz CT molecular complexity index is 3260. The number of benzene rings is 2. The largest absolute Gasteiger partial charge is 0.478 e. The van der Waals surface area contributed by atoms with Gasteiger partial charge in [0.05, 0.1) is 72.9 Å². The number of nitrogens with one attached hydrogen (secondary N) is 1. The first-order valence-electron chi connectivity index (χ1n) is 20.6. The summed E-state index contributed by atoms with van der Waals surface area (Å²) in [4.78, 5) is 39.9. The van der Waals surface area contributed by atoms with Crippen molar-refractivity contribution in [2.24, 2.45) is 5.73 Å². The van der Waals surface area contributed by atoms with Crippen LogP contribution in [-0.2, 0) is 19.7 Å². The number of aromatic nitrogens is 8. The number of hydrogen-bond donors (Lipinski definition) is 3. The van der Waals surface area contributed by atoms with Crippen molar-refractivity contribution in [2.45, 2.75) is 48.8 Å². The summed E-state index contributed by atoms with van der Waals surface area (Å²) in [5.74, 6) is -2.13. The highest BCUT2D eigenvalue weighted by Gasteiger charge is 2.21. The zero-order valence-corrected chi connectivity index (χ0v) is 39.2. The molecule has 68 heavy (non-hydrogen) atoms. The molecule has 6 aromatic heterocycles. The molecule has 4 N–H and O–H groups in total. The minimum absolute atomic E-state index is 0. The third-order valence-corrected chi connectivity index (χ3v) is 11.8. The van der Waals surface area contributed by atoms with Crippen LogP contribution in [0.15, 0.2) is 132 Å². The molecule has 2 atom stereocenters. The molecule has 0 saturated carbocycles. The highest BCUT2D eigenvalue weighted by atomic mass is 35.5. The summed E-state index contributed by atoms with van der Waals surface area (Å²) in [5, 5.41) is 21.6. The first-order chi connectivity index (χ1) is 32.3. The summed E-state index contributed by atoms with van der Waals surface area (Å²) in [6.07, 6.45) is 15.3. The molecule has 0 saturated heterocycles. The predicted octanol–water partition coefficient (Wildman–Crippen LogP) is 7.40. The first kappa shape index (κ1) is 51.8. The molecule has 358 valence electrons. The number of carboxylic acid groups (broad SMARTS) is 1. The van der Waals surface area contributed by atoms with Gasteiger partial charge in [0.25, 0.3) is 5.91 Å². The fraction of sp³-hybridized carbons (Fsp3) is 0.200. The Morgan fingerprint density at radius 1 is 0.706 bits per heavy atom. The average molecular weight is 997 g/mol. The van der Waals surface area contributed by atoms with E-state index in [9.17, 15) is 39.6 Å². The van der Waals surface area contributed by atoms with Crippen LogP contribution in [0.25, 0.3) is 33.2 Å². The Morgan fingerprint density at radius 3 is 1.56 bits per heavy atom. The molecular formula is C45H46ClF3N10O7S2. The number of hydrogen-bond acceptors (Lipinski definition) is 13. The minimum atomic E-state index is -3.47. The van der Waals surface area contributed by atoms with Crippen molar-refractivity contribution < 1.29 is 46.1 Å². The van der Waals surface area contributed by atoms with Gasteiger partial charge < -0.3 is 16.2 Å². The van der Waals surface area contributed by atoms with Crippen molar-refractivity contribution in [2.75, 3.05) is 19.7 Å². The van der Waals surface area contributed by atoms with Gasteiger partial charge in [-0.2, -0.15) is 10.2 Å². The fourth-order valence-electron chi connectivity index (χ4n) is 6.41. The van der Waals surface area contributed by atoms with Gasteiger partial charge in [-0.05, 0) is 96.8 Å². The molecule has 0 unspecified atom stereocenters. The molecular weight excluding hydrogens is 949 g/mol. The molecule has 0 fully saturated rings. The van der Waals surface area contributed by atoms with Gasteiger partial charge in [0.15, 0.2) is 29.7 Å². The number of carboxylic acids is 1. The maximum absolute atomic E-state index is 13.3. The number of fused-ring (bicyclic) bond motifs is 2. The van der Waals surface area contributed by atoms with E-state index in [0.717, 1.165) is 24.5 Å². The molecule has 0 spiro atoms. The number of sulfone groups is 2. The van der Waals surface area contributed by atoms with Crippen molar-refractivity contribution in [1.82, 2.24) is 44.8 Å². The number of alkyl halides is 1. The third-order valence-electron chi connectivity index (χ3n) is 9.87. The summed E-state index contributed by atoms with van der Waals surface area (Å²) in [6.45, 7) is 3.84. The number of carbonyl (C=O) groups excluding carboxylic acids is 1. The molecule has 0 aliphatic carbocycles. The molecule has 17 nitrogen and oxygen atoms in total. The van der Waals surface area contributed by atoms with Crippen molar-refractivity contribution in [3.05, 3.63) is 156 Å². The summed E-state index contributed by atoms with van der Waals surface area (Å²) in [5.41, 5.74) is 10.1. The van der Waals surface area contributed by atoms with Crippen LogP contribution in [0.4, 0.5) is 13.2 Å². The quantitative estimate of drug-likeness (QED) is 0.114. The van der Waals surface area contributed by atoms with Crippen molar-refractivity contribution in [3.8, 4) is 11.4 Å². The van der Waals surface area contributed by atoms with E-state index in [4.69, 9.17) is 12.2 Å². The third kappa shape index (κ3) is 13.1. The number of rotatable bonds is 11. The summed E-state index contributed by atoms with van der Waals surface area (Å²) < 4.78 is 90.8. The Morgan fingerprint density at radius 2 is 1.13 bits per heavy atom. The summed E-state index contributed by atoms with van der Waals surface area (Å²) in [7, 11) is -7.70. The Balaban J connectivity index is 0.000000238. The number of aromatic carboxylic acids is 1. The predicted molar refractivity (Wildman–Crippen MR) is 251 cm³/mol.